The molecule has 23 heavy (non-hydrogen) atoms. The summed E-state index contributed by atoms with van der Waals surface area (Å²) < 4.78 is 79.3. The summed E-state index contributed by atoms with van der Waals surface area (Å²) in [6.45, 7) is 3.80. The van der Waals surface area contributed by atoms with Crippen LogP contribution in [0.5, 0.6) is 0 Å². The van der Waals surface area contributed by atoms with Gasteiger partial charge in [-0.05, 0) is 48.3 Å². The zero-order chi connectivity index (χ0) is 17.5. The van der Waals surface area contributed by atoms with Gasteiger partial charge in [-0.2, -0.15) is 26.3 Å². The monoisotopic (exact) mass is 346 g/mol. The van der Waals surface area contributed by atoms with Gasteiger partial charge in [0, 0.05) is 5.92 Å². The van der Waals surface area contributed by atoms with Crippen molar-refractivity contribution in [3.63, 3.8) is 0 Å². The van der Waals surface area contributed by atoms with Gasteiger partial charge in [0.1, 0.15) is 0 Å². The topological polar surface area (TPSA) is 40.5 Å². The zero-order valence-electron chi connectivity index (χ0n) is 12.7. The lowest BCUT2D eigenvalue weighted by Crippen LogP contribution is -2.65. The Morgan fingerprint density at radius 3 is 1.74 bits per heavy atom. The van der Waals surface area contributed by atoms with Gasteiger partial charge in [-0.1, -0.05) is 13.8 Å². The Bertz CT molecular complexity index is 471. The molecule has 8 unspecified atom stereocenters. The molecule has 0 radical (unpaired) electrons. The van der Waals surface area contributed by atoms with Crippen molar-refractivity contribution < 1.29 is 36.6 Å². The third-order valence-corrected chi connectivity index (χ3v) is 6.95. The highest BCUT2D eigenvalue weighted by atomic mass is 19.4. The van der Waals surface area contributed by atoms with Crippen molar-refractivity contribution in [1.29, 1.82) is 0 Å². The molecule has 0 aromatic heterocycles. The summed E-state index contributed by atoms with van der Waals surface area (Å²) in [6, 6.07) is 0. The molecule has 3 fully saturated rings. The first kappa shape index (κ1) is 17.3. The Morgan fingerprint density at radius 1 is 0.783 bits per heavy atom. The van der Waals surface area contributed by atoms with E-state index in [-0.39, 0.29) is 36.0 Å². The lowest BCUT2D eigenvalue weighted by atomic mass is 9.65. The normalized spacial score (nSPS) is 47.2. The van der Waals surface area contributed by atoms with Crippen molar-refractivity contribution in [2.75, 3.05) is 0 Å². The predicted molar refractivity (Wildman–Crippen MR) is 68.1 cm³/mol. The summed E-state index contributed by atoms with van der Waals surface area (Å²) in [6.07, 6.45) is -13.0. The van der Waals surface area contributed by atoms with Crippen molar-refractivity contribution >= 4 is 0 Å². The Morgan fingerprint density at radius 2 is 1.26 bits per heavy atom. The molecule has 0 spiro atoms. The maximum atomic E-state index is 13.2. The Labute approximate surface area is 129 Å². The molecule has 134 valence electrons. The van der Waals surface area contributed by atoms with E-state index >= 15 is 0 Å². The second kappa shape index (κ2) is 4.77. The van der Waals surface area contributed by atoms with Gasteiger partial charge in [-0.25, -0.2) is 0 Å². The minimum Gasteiger partial charge on any atom is -0.393 e. The van der Waals surface area contributed by atoms with Crippen LogP contribution in [0, 0.1) is 41.4 Å². The maximum Gasteiger partial charge on any atom is 0.426 e. The lowest BCUT2D eigenvalue weighted by Gasteiger charge is -2.44. The molecule has 3 aliphatic carbocycles. The summed E-state index contributed by atoms with van der Waals surface area (Å²) in [4.78, 5) is 0. The summed E-state index contributed by atoms with van der Waals surface area (Å²) in [5.74, 6) is -3.60. The number of aliphatic hydroxyl groups excluding tert-OH is 1. The lowest BCUT2D eigenvalue weighted by molar-refractivity contribution is -0.394. The molecule has 2 N–H and O–H groups in total. The van der Waals surface area contributed by atoms with E-state index in [0.29, 0.717) is 6.42 Å². The minimum atomic E-state index is -5.87. The second-order valence-electron chi connectivity index (χ2n) is 7.61. The molecule has 0 saturated heterocycles. The number of alkyl halides is 6. The van der Waals surface area contributed by atoms with E-state index in [2.05, 4.69) is 0 Å². The van der Waals surface area contributed by atoms with Crippen LogP contribution < -0.4 is 0 Å². The molecule has 0 heterocycles. The highest BCUT2D eigenvalue weighted by molar-refractivity contribution is 5.16. The predicted octanol–water partition coefficient (Wildman–Crippen LogP) is 3.38. The van der Waals surface area contributed by atoms with Gasteiger partial charge >= 0.3 is 12.4 Å². The van der Waals surface area contributed by atoms with E-state index in [1.807, 2.05) is 13.8 Å². The van der Waals surface area contributed by atoms with E-state index < -0.39 is 35.9 Å². The van der Waals surface area contributed by atoms with Crippen molar-refractivity contribution in [2.24, 2.45) is 41.4 Å². The van der Waals surface area contributed by atoms with E-state index in [9.17, 15) is 36.6 Å². The first-order valence-electron chi connectivity index (χ1n) is 7.86. The van der Waals surface area contributed by atoms with Crippen LogP contribution in [0.4, 0.5) is 26.3 Å². The van der Waals surface area contributed by atoms with E-state index in [1.165, 1.54) is 0 Å². The number of aliphatic hydroxyl groups is 2. The van der Waals surface area contributed by atoms with Crippen LogP contribution in [-0.2, 0) is 0 Å². The maximum absolute atomic E-state index is 13.2. The van der Waals surface area contributed by atoms with Gasteiger partial charge in [-0.15, -0.1) is 0 Å². The highest BCUT2D eigenvalue weighted by Crippen LogP contribution is 2.68. The Hall–Kier alpha value is -0.500. The van der Waals surface area contributed by atoms with Gasteiger partial charge in [0.15, 0.2) is 0 Å². The summed E-state index contributed by atoms with van der Waals surface area (Å²) in [5, 5.41) is 19.8. The second-order valence-corrected chi connectivity index (χ2v) is 7.61. The highest BCUT2D eigenvalue weighted by Gasteiger charge is 2.79. The van der Waals surface area contributed by atoms with Crippen LogP contribution in [0.15, 0.2) is 0 Å². The van der Waals surface area contributed by atoms with Crippen molar-refractivity contribution in [3.8, 4) is 0 Å². The van der Waals surface area contributed by atoms with Crippen LogP contribution in [0.3, 0.4) is 0 Å². The first-order valence-corrected chi connectivity index (χ1v) is 7.86. The third kappa shape index (κ3) is 2.03. The smallest absolute Gasteiger partial charge is 0.393 e. The number of hydrogen-bond donors (Lipinski definition) is 2. The van der Waals surface area contributed by atoms with Gasteiger partial charge in [-0.3, -0.25) is 0 Å². The van der Waals surface area contributed by atoms with Gasteiger partial charge in [0.25, 0.3) is 5.60 Å². The van der Waals surface area contributed by atoms with Gasteiger partial charge in [0.2, 0.25) is 0 Å². The van der Waals surface area contributed by atoms with Crippen LogP contribution in [0.1, 0.15) is 26.7 Å². The molecule has 3 aliphatic rings. The molecule has 8 heteroatoms. The van der Waals surface area contributed by atoms with E-state index in [1.54, 1.807) is 0 Å². The summed E-state index contributed by atoms with van der Waals surface area (Å²) in [7, 11) is 0. The largest absolute Gasteiger partial charge is 0.426 e. The van der Waals surface area contributed by atoms with Crippen molar-refractivity contribution in [2.45, 2.75) is 50.7 Å². The molecule has 3 saturated carbocycles. The van der Waals surface area contributed by atoms with Gasteiger partial charge in [0.05, 0.1) is 6.10 Å². The van der Waals surface area contributed by atoms with Crippen LogP contribution >= 0.6 is 0 Å². The Balaban J connectivity index is 2.05. The number of hydrogen-bond acceptors (Lipinski definition) is 2. The fraction of sp³-hybridized carbons (Fsp3) is 1.00. The molecule has 2 nitrogen and oxygen atoms in total. The zero-order valence-corrected chi connectivity index (χ0v) is 12.7. The fourth-order valence-electron chi connectivity index (χ4n) is 5.84. The Kier molecular flexibility index (Phi) is 3.60. The number of fused-ring (bicyclic) bond motifs is 5. The summed E-state index contributed by atoms with van der Waals surface area (Å²) >= 11 is 0. The molecule has 0 amide bonds. The fourth-order valence-corrected chi connectivity index (χ4v) is 5.84. The van der Waals surface area contributed by atoms with Crippen LogP contribution in [0.2, 0.25) is 0 Å². The molecule has 0 aliphatic heterocycles. The van der Waals surface area contributed by atoms with E-state index in [4.69, 9.17) is 0 Å². The SMILES string of the molecule is CC1C(C)C2CC1C1CC(O)C(C(O)(C(F)(F)F)C(F)(F)F)C21. The molecular weight excluding hydrogens is 326 g/mol. The minimum absolute atomic E-state index is 0.000215. The van der Waals surface area contributed by atoms with Crippen LogP contribution in [-0.4, -0.2) is 34.3 Å². The third-order valence-electron chi connectivity index (χ3n) is 6.95. The molecule has 2 bridgehead atoms. The van der Waals surface area contributed by atoms with Crippen molar-refractivity contribution in [1.82, 2.24) is 0 Å². The van der Waals surface area contributed by atoms with Crippen molar-refractivity contribution in [3.05, 3.63) is 0 Å². The molecule has 0 aromatic rings. The quantitative estimate of drug-likeness (QED) is 0.715. The average molecular weight is 346 g/mol. The molecule has 3 rings (SSSR count). The van der Waals surface area contributed by atoms with Crippen LogP contribution in [0.25, 0.3) is 0 Å². The first-order chi connectivity index (χ1) is 10.3. The number of rotatable bonds is 1. The summed E-state index contributed by atoms with van der Waals surface area (Å²) in [5.41, 5.74) is -4.85. The molecule has 8 atom stereocenters. The van der Waals surface area contributed by atoms with Gasteiger partial charge < -0.3 is 10.2 Å². The molecular formula is C15H20F6O2. The average Bonchev–Trinajstić information content (AvgIpc) is 2.97. The molecule has 0 aromatic carbocycles. The van der Waals surface area contributed by atoms with E-state index in [0.717, 1.165) is 0 Å². The number of halogens is 6. The standard InChI is InChI=1S/C15H20F6O2/c1-5-6(2)8-3-7(5)9-4-10(22)12(11(8)9)13(23,14(16,17)18)15(19,20)21/h5-12,22-23H,3-4H2,1-2H3.